The summed E-state index contributed by atoms with van der Waals surface area (Å²) in [6, 6.07) is 0. The van der Waals surface area contributed by atoms with Crippen molar-refractivity contribution in [2.75, 3.05) is 5.73 Å². The van der Waals surface area contributed by atoms with Crippen LogP contribution in [0.4, 0.5) is 5.82 Å². The van der Waals surface area contributed by atoms with Crippen molar-refractivity contribution in [3.8, 4) is 0 Å². The lowest BCUT2D eigenvalue weighted by Crippen LogP contribution is -2.13. The fourth-order valence-corrected chi connectivity index (χ4v) is 2.29. The number of hydrogen-bond donors (Lipinski definition) is 1. The van der Waals surface area contributed by atoms with Gasteiger partial charge in [0.1, 0.15) is 5.82 Å². The monoisotopic (exact) mass is 273 g/mol. The highest BCUT2D eigenvalue weighted by Crippen LogP contribution is 2.32. The van der Waals surface area contributed by atoms with Gasteiger partial charge in [-0.15, -0.1) is 0 Å². The quantitative estimate of drug-likeness (QED) is 0.918. The zero-order chi connectivity index (χ0) is 11.6. The van der Waals surface area contributed by atoms with Crippen molar-refractivity contribution in [2.45, 2.75) is 52.5 Å². The minimum absolute atomic E-state index is 0.0322. The van der Waals surface area contributed by atoms with E-state index in [1.165, 1.54) is 0 Å². The van der Waals surface area contributed by atoms with Crippen molar-refractivity contribution in [1.82, 2.24) is 9.78 Å². The first kappa shape index (κ1) is 12.6. The van der Waals surface area contributed by atoms with Gasteiger partial charge in [-0.3, -0.25) is 0 Å². The third-order valence-corrected chi connectivity index (χ3v) is 3.15. The van der Waals surface area contributed by atoms with Crippen molar-refractivity contribution in [1.29, 1.82) is 0 Å². The van der Waals surface area contributed by atoms with Gasteiger partial charge in [0.25, 0.3) is 0 Å². The van der Waals surface area contributed by atoms with Crippen LogP contribution in [-0.4, -0.2) is 9.78 Å². The van der Waals surface area contributed by atoms with Crippen LogP contribution in [0.15, 0.2) is 4.47 Å². The lowest BCUT2D eigenvalue weighted by molar-refractivity contribution is 0.521. The van der Waals surface area contributed by atoms with Gasteiger partial charge in [0, 0.05) is 12.0 Å². The number of nitrogen functional groups attached to an aromatic ring is 1. The van der Waals surface area contributed by atoms with Crippen LogP contribution in [0.1, 0.15) is 46.2 Å². The fraction of sp³-hybridized carbons (Fsp3) is 0.727. The van der Waals surface area contributed by atoms with Gasteiger partial charge in [0.05, 0.1) is 10.2 Å². The molecule has 0 aliphatic carbocycles. The highest BCUT2D eigenvalue weighted by molar-refractivity contribution is 9.10. The number of unbranched alkanes of at least 4 members (excludes halogenated alkanes) is 1. The van der Waals surface area contributed by atoms with Crippen molar-refractivity contribution in [2.24, 2.45) is 0 Å². The average Bonchev–Trinajstić information content (AvgIpc) is 2.41. The third kappa shape index (κ3) is 2.74. The van der Waals surface area contributed by atoms with Crippen molar-refractivity contribution in [3.05, 3.63) is 10.2 Å². The van der Waals surface area contributed by atoms with E-state index in [-0.39, 0.29) is 5.41 Å². The molecule has 0 spiro atoms. The topological polar surface area (TPSA) is 43.8 Å². The van der Waals surface area contributed by atoms with Crippen molar-refractivity contribution >= 4 is 21.7 Å². The second-order valence-electron chi connectivity index (χ2n) is 4.87. The van der Waals surface area contributed by atoms with Gasteiger partial charge < -0.3 is 5.73 Å². The standard InChI is InChI=1S/C11H20BrN3/c1-5-6-7-15-10(13)8(12)9(14-15)11(2,3)4/h5-7,13H2,1-4H3. The first-order valence-electron chi connectivity index (χ1n) is 5.40. The van der Waals surface area contributed by atoms with Gasteiger partial charge in [-0.05, 0) is 22.4 Å². The maximum absolute atomic E-state index is 5.99. The number of halogens is 1. The van der Waals surface area contributed by atoms with E-state index in [0.29, 0.717) is 0 Å². The van der Waals surface area contributed by atoms with Crippen LogP contribution in [0, 0.1) is 0 Å². The summed E-state index contributed by atoms with van der Waals surface area (Å²) in [5.41, 5.74) is 7.06. The Morgan fingerprint density at radius 2 is 2.00 bits per heavy atom. The second kappa shape index (κ2) is 4.56. The molecule has 86 valence electrons. The number of nitrogens with zero attached hydrogens (tertiary/aromatic N) is 2. The summed E-state index contributed by atoms with van der Waals surface area (Å²) in [5, 5.41) is 4.56. The zero-order valence-corrected chi connectivity index (χ0v) is 11.6. The minimum atomic E-state index is 0.0322. The number of aryl methyl sites for hydroxylation is 1. The number of anilines is 1. The summed E-state index contributed by atoms with van der Waals surface area (Å²) in [6.45, 7) is 9.49. The van der Waals surface area contributed by atoms with Crippen LogP contribution >= 0.6 is 15.9 Å². The Kier molecular flexibility index (Phi) is 3.82. The maximum Gasteiger partial charge on any atom is 0.136 e. The summed E-state index contributed by atoms with van der Waals surface area (Å²) in [4.78, 5) is 0. The summed E-state index contributed by atoms with van der Waals surface area (Å²) in [7, 11) is 0. The predicted molar refractivity (Wildman–Crippen MR) is 67.9 cm³/mol. The number of hydrogen-bond acceptors (Lipinski definition) is 2. The Morgan fingerprint density at radius 3 is 2.40 bits per heavy atom. The zero-order valence-electron chi connectivity index (χ0n) is 9.97. The smallest absolute Gasteiger partial charge is 0.136 e. The summed E-state index contributed by atoms with van der Waals surface area (Å²) < 4.78 is 2.85. The molecule has 0 aromatic carbocycles. The Bertz CT molecular complexity index is 336. The first-order chi connectivity index (χ1) is 6.88. The van der Waals surface area contributed by atoms with Gasteiger partial charge in [-0.2, -0.15) is 5.10 Å². The van der Waals surface area contributed by atoms with Crippen LogP contribution in [-0.2, 0) is 12.0 Å². The lowest BCUT2D eigenvalue weighted by atomic mass is 9.92. The van der Waals surface area contributed by atoms with Crippen molar-refractivity contribution in [3.63, 3.8) is 0 Å². The molecule has 0 fully saturated rings. The normalized spacial score (nSPS) is 12.1. The molecule has 3 nitrogen and oxygen atoms in total. The molecule has 0 atom stereocenters. The molecule has 0 radical (unpaired) electrons. The van der Waals surface area contributed by atoms with Crippen LogP contribution < -0.4 is 5.73 Å². The van der Waals surface area contributed by atoms with Gasteiger partial charge in [0.2, 0.25) is 0 Å². The van der Waals surface area contributed by atoms with Crippen LogP contribution in [0.2, 0.25) is 0 Å². The average molecular weight is 274 g/mol. The molecule has 0 aliphatic heterocycles. The van der Waals surface area contributed by atoms with E-state index in [4.69, 9.17) is 5.73 Å². The summed E-state index contributed by atoms with van der Waals surface area (Å²) in [6.07, 6.45) is 2.27. The second-order valence-corrected chi connectivity index (χ2v) is 5.67. The van der Waals surface area contributed by atoms with Crippen LogP contribution in [0.25, 0.3) is 0 Å². The predicted octanol–water partition coefficient (Wildman–Crippen LogP) is 3.33. The highest BCUT2D eigenvalue weighted by Gasteiger charge is 2.23. The molecule has 0 saturated heterocycles. The SMILES string of the molecule is CCCCn1nc(C(C)(C)C)c(Br)c1N. The van der Waals surface area contributed by atoms with E-state index in [2.05, 4.69) is 48.7 Å². The minimum Gasteiger partial charge on any atom is -0.383 e. The molecule has 0 bridgehead atoms. The molecule has 0 unspecified atom stereocenters. The van der Waals surface area contributed by atoms with E-state index < -0.39 is 0 Å². The molecule has 1 rings (SSSR count). The molecule has 0 amide bonds. The Labute approximate surface area is 100 Å². The Morgan fingerprint density at radius 1 is 1.40 bits per heavy atom. The number of rotatable bonds is 3. The van der Waals surface area contributed by atoms with Gasteiger partial charge >= 0.3 is 0 Å². The molecule has 1 aromatic rings. The highest BCUT2D eigenvalue weighted by atomic mass is 79.9. The molecule has 1 aromatic heterocycles. The van der Waals surface area contributed by atoms with Crippen LogP contribution in [0.5, 0.6) is 0 Å². The van der Waals surface area contributed by atoms with E-state index in [1.54, 1.807) is 0 Å². The Hall–Kier alpha value is -0.510. The van der Waals surface area contributed by atoms with Crippen molar-refractivity contribution < 1.29 is 0 Å². The van der Waals surface area contributed by atoms with Gasteiger partial charge in [-0.1, -0.05) is 34.1 Å². The molecule has 0 aliphatic rings. The van der Waals surface area contributed by atoms with E-state index in [1.807, 2.05) is 4.68 Å². The molecule has 4 heteroatoms. The number of nitrogens with two attached hydrogens (primary N) is 1. The lowest BCUT2D eigenvalue weighted by Gasteiger charge is -2.15. The molecule has 15 heavy (non-hydrogen) atoms. The first-order valence-corrected chi connectivity index (χ1v) is 6.19. The van der Waals surface area contributed by atoms with Gasteiger partial charge in [-0.25, -0.2) is 4.68 Å². The molecule has 1 heterocycles. The number of aromatic nitrogens is 2. The molecular weight excluding hydrogens is 254 g/mol. The van der Waals surface area contributed by atoms with E-state index in [9.17, 15) is 0 Å². The van der Waals surface area contributed by atoms with Crippen LogP contribution in [0.3, 0.4) is 0 Å². The van der Waals surface area contributed by atoms with E-state index in [0.717, 1.165) is 35.4 Å². The molecule has 0 saturated carbocycles. The maximum atomic E-state index is 5.99. The Balaban J connectivity index is 3.02. The fourth-order valence-electron chi connectivity index (χ4n) is 1.41. The summed E-state index contributed by atoms with van der Waals surface area (Å²) >= 11 is 3.52. The molecular formula is C11H20BrN3. The van der Waals surface area contributed by atoms with Gasteiger partial charge in [0.15, 0.2) is 0 Å². The largest absolute Gasteiger partial charge is 0.383 e. The molecule has 2 N–H and O–H groups in total. The summed E-state index contributed by atoms with van der Waals surface area (Å²) in [5.74, 6) is 0.744. The van der Waals surface area contributed by atoms with E-state index >= 15 is 0 Å². The third-order valence-electron chi connectivity index (χ3n) is 2.37.